The lowest BCUT2D eigenvalue weighted by molar-refractivity contribution is -0.757. The van der Waals surface area contributed by atoms with Crippen molar-refractivity contribution in [3.8, 4) is 0 Å². The zero-order chi connectivity index (χ0) is 32.0. The maximum Gasteiger partial charge on any atom is 0.306 e. The number of allylic oxidation sites excluding steroid dienone is 2. The van der Waals surface area contributed by atoms with Gasteiger partial charge in [-0.1, -0.05) is 69.7 Å². The number of aryl methyl sites for hydroxylation is 1. The molecule has 2 rings (SSSR count). The van der Waals surface area contributed by atoms with Crippen molar-refractivity contribution in [2.24, 2.45) is 23.5 Å². The maximum atomic E-state index is 12.7. The van der Waals surface area contributed by atoms with Crippen LogP contribution in [-0.2, 0) is 25.6 Å². The minimum Gasteiger partial charge on any atom is -0.462 e. The molecule has 1 aliphatic carbocycles. The number of esters is 1. The number of ketones is 1. The molecule has 0 amide bonds. The Morgan fingerprint density at radius 3 is 2.38 bits per heavy atom. The highest BCUT2D eigenvalue weighted by Crippen LogP contribution is 2.44. The van der Waals surface area contributed by atoms with Gasteiger partial charge >= 0.3 is 5.97 Å². The molecule has 1 unspecified atom stereocenters. The molecule has 0 spiro atoms. The third kappa shape index (κ3) is 20.8. The first-order valence-electron chi connectivity index (χ1n) is 16.1. The molecular formula is C35H64N2O8. The van der Waals surface area contributed by atoms with Crippen LogP contribution in [0.5, 0.6) is 0 Å². The predicted octanol–water partition coefficient (Wildman–Crippen LogP) is 6.83. The number of hydrogen-bond acceptors (Lipinski definition) is 8. The third-order valence-electron chi connectivity index (χ3n) is 8.15. The first-order valence-corrected chi connectivity index (χ1v) is 16.1. The molecule has 1 fully saturated rings. The SMILES string of the molecule is C.CC(=O)CCC/C(C)=C\C[C@H]1C(C)C[C@@H](OC(=O)CCCCCO[N+](=O)[O-])[C@@H]1CC[C@@H](O)CCc1ccccc1.CCN.O.[HH]. The van der Waals surface area contributed by atoms with E-state index in [0.717, 1.165) is 45.1 Å². The monoisotopic (exact) mass is 640 g/mol. The van der Waals surface area contributed by atoms with Crippen LogP contribution in [0.3, 0.4) is 0 Å². The summed E-state index contributed by atoms with van der Waals surface area (Å²) in [5.41, 5.74) is 7.35. The van der Waals surface area contributed by atoms with Gasteiger partial charge in [-0.25, -0.2) is 0 Å². The molecule has 1 aliphatic rings. The molecule has 10 nitrogen and oxygen atoms in total. The van der Waals surface area contributed by atoms with Crippen molar-refractivity contribution in [1.82, 2.24) is 0 Å². The van der Waals surface area contributed by atoms with Gasteiger partial charge in [0.15, 0.2) is 0 Å². The molecule has 5 N–H and O–H groups in total. The van der Waals surface area contributed by atoms with Gasteiger partial charge in [-0.15, -0.1) is 10.1 Å². The highest BCUT2D eigenvalue weighted by Gasteiger charge is 2.42. The van der Waals surface area contributed by atoms with E-state index in [4.69, 9.17) is 10.5 Å². The Morgan fingerprint density at radius 1 is 1.09 bits per heavy atom. The second-order valence-corrected chi connectivity index (χ2v) is 11.9. The van der Waals surface area contributed by atoms with E-state index in [1.54, 1.807) is 6.92 Å². The standard InChI is InChI=1S/C32H49NO7.C2H7N.CH4.H2O.H2/c1-24(11-10-12-26(3)34)16-20-29-25(2)23-31(40-32(36)15-8-5-9-22-39-33(37)38)30(29)21-19-28(35)18-17-27-13-6-4-7-14-27;1-2-3;;;/h4,6-7,13-14,16,25,28-31,35H,5,8-12,15,17-23H2,1-3H3;2-3H2,1H3;1H4;1H2;1H/b24-16-;;;;/t25?,28-,29-,30+,31+;;;;/m0..../s1. The number of rotatable bonds is 20. The molecule has 10 heteroatoms. The molecule has 1 saturated carbocycles. The van der Waals surface area contributed by atoms with Crippen LogP contribution in [0.2, 0.25) is 0 Å². The number of Topliss-reactive ketones (excluding diaryl/α,β-unsaturated/α-hetero) is 1. The summed E-state index contributed by atoms with van der Waals surface area (Å²) in [5, 5.41) is 20.2. The lowest BCUT2D eigenvalue weighted by atomic mass is 9.82. The van der Waals surface area contributed by atoms with Crippen LogP contribution in [0.1, 0.15) is 119 Å². The summed E-state index contributed by atoms with van der Waals surface area (Å²) >= 11 is 0. The van der Waals surface area contributed by atoms with E-state index < -0.39 is 11.2 Å². The summed E-state index contributed by atoms with van der Waals surface area (Å²) in [4.78, 5) is 38.5. The third-order valence-corrected chi connectivity index (χ3v) is 8.15. The summed E-state index contributed by atoms with van der Waals surface area (Å²) in [7, 11) is 0. The van der Waals surface area contributed by atoms with Gasteiger partial charge in [-0.3, -0.25) is 4.79 Å². The van der Waals surface area contributed by atoms with Crippen molar-refractivity contribution < 1.29 is 36.3 Å². The fourth-order valence-corrected chi connectivity index (χ4v) is 5.83. The second-order valence-electron chi connectivity index (χ2n) is 11.9. The number of aliphatic hydroxyl groups excluding tert-OH is 1. The number of unbranched alkanes of at least 4 members (excludes halogenated alkanes) is 2. The van der Waals surface area contributed by atoms with Crippen molar-refractivity contribution in [3.63, 3.8) is 0 Å². The molecular weight excluding hydrogens is 576 g/mol. The predicted molar refractivity (Wildman–Crippen MR) is 182 cm³/mol. The minimum absolute atomic E-state index is 0. The normalized spacial score (nSPS) is 19.6. The van der Waals surface area contributed by atoms with Gasteiger partial charge in [-0.05, 0) is 108 Å². The number of nitrogens with zero attached hydrogens (tertiary/aromatic N) is 1. The highest BCUT2D eigenvalue weighted by atomic mass is 16.9. The van der Waals surface area contributed by atoms with Crippen LogP contribution in [0.25, 0.3) is 0 Å². The Hall–Kier alpha value is -2.82. The summed E-state index contributed by atoms with van der Waals surface area (Å²) in [5.74, 6) is 0.933. The molecule has 0 aliphatic heterocycles. The van der Waals surface area contributed by atoms with Crippen LogP contribution >= 0.6 is 0 Å². The number of carbonyl (C=O) groups is 2. The van der Waals surface area contributed by atoms with E-state index >= 15 is 0 Å². The van der Waals surface area contributed by atoms with E-state index in [2.05, 4.69) is 36.9 Å². The fraction of sp³-hybridized carbons (Fsp3) is 0.714. The summed E-state index contributed by atoms with van der Waals surface area (Å²) in [6, 6.07) is 10.2. The molecule has 0 aromatic heterocycles. The largest absolute Gasteiger partial charge is 0.462 e. The fourth-order valence-electron chi connectivity index (χ4n) is 5.83. The Kier molecular flexibility index (Phi) is 26.0. The number of benzene rings is 1. The van der Waals surface area contributed by atoms with E-state index in [1.807, 2.05) is 25.1 Å². The number of aliphatic hydroxyl groups is 1. The van der Waals surface area contributed by atoms with Gasteiger partial charge in [0.05, 0.1) is 12.7 Å². The Balaban J connectivity index is -0.00000296. The molecule has 0 radical (unpaired) electrons. The number of hydrogen-bond donors (Lipinski definition) is 2. The smallest absolute Gasteiger partial charge is 0.306 e. The average Bonchev–Trinajstić information content (AvgIpc) is 3.25. The zero-order valence-electron chi connectivity index (χ0n) is 27.4. The molecule has 262 valence electrons. The van der Waals surface area contributed by atoms with Crippen LogP contribution < -0.4 is 5.73 Å². The van der Waals surface area contributed by atoms with E-state index in [0.29, 0.717) is 50.4 Å². The minimum atomic E-state index is -0.798. The van der Waals surface area contributed by atoms with Crippen molar-refractivity contribution >= 4 is 11.8 Å². The zero-order valence-corrected chi connectivity index (χ0v) is 27.4. The maximum absolute atomic E-state index is 12.7. The topological polar surface area (TPSA) is 173 Å². The summed E-state index contributed by atoms with van der Waals surface area (Å²) < 4.78 is 6.01. The lowest BCUT2D eigenvalue weighted by Crippen LogP contribution is -2.27. The van der Waals surface area contributed by atoms with Crippen molar-refractivity contribution in [1.29, 1.82) is 0 Å². The van der Waals surface area contributed by atoms with Crippen LogP contribution in [0.15, 0.2) is 42.0 Å². The Bertz CT molecular complexity index is 963. The number of carbonyl (C=O) groups excluding carboxylic acids is 2. The molecule has 0 heterocycles. The molecule has 1 aromatic carbocycles. The van der Waals surface area contributed by atoms with Gasteiger partial charge in [0.1, 0.15) is 11.9 Å². The number of ether oxygens (including phenoxy) is 1. The Labute approximate surface area is 273 Å². The molecule has 45 heavy (non-hydrogen) atoms. The Morgan fingerprint density at radius 2 is 1.76 bits per heavy atom. The van der Waals surface area contributed by atoms with Gasteiger partial charge in [0.25, 0.3) is 5.09 Å². The lowest BCUT2D eigenvalue weighted by Gasteiger charge is -2.26. The second kappa shape index (κ2) is 26.4. The summed E-state index contributed by atoms with van der Waals surface area (Å²) in [6.07, 6.45) is 10.9. The average molecular weight is 641 g/mol. The van der Waals surface area contributed by atoms with Crippen LogP contribution in [0, 0.1) is 27.9 Å². The van der Waals surface area contributed by atoms with Crippen molar-refractivity contribution in [3.05, 3.63) is 57.7 Å². The van der Waals surface area contributed by atoms with Crippen molar-refractivity contribution in [2.45, 2.75) is 131 Å². The van der Waals surface area contributed by atoms with Gasteiger partial charge in [-0.2, -0.15) is 0 Å². The van der Waals surface area contributed by atoms with Crippen molar-refractivity contribution in [2.75, 3.05) is 13.2 Å². The first-order chi connectivity index (χ1) is 20.6. The van der Waals surface area contributed by atoms with E-state index in [1.165, 1.54) is 11.1 Å². The van der Waals surface area contributed by atoms with Gasteiger partial charge < -0.3 is 30.7 Å². The van der Waals surface area contributed by atoms with E-state index in [9.17, 15) is 24.8 Å². The molecule has 0 saturated heterocycles. The van der Waals surface area contributed by atoms with Gasteiger partial charge in [0, 0.05) is 14.3 Å². The first kappa shape index (κ1) is 44.3. The van der Waals surface area contributed by atoms with Gasteiger partial charge in [0.2, 0.25) is 0 Å². The summed E-state index contributed by atoms with van der Waals surface area (Å²) in [6.45, 7) is 8.67. The molecule has 5 atom stereocenters. The highest BCUT2D eigenvalue weighted by molar-refractivity contribution is 5.75. The molecule has 0 bridgehead atoms. The van der Waals surface area contributed by atoms with Crippen LogP contribution in [-0.4, -0.2) is 52.8 Å². The van der Waals surface area contributed by atoms with Crippen LogP contribution in [0.4, 0.5) is 0 Å². The molecule has 1 aromatic rings. The quantitative estimate of drug-likeness (QED) is 0.0513. The number of nitrogens with two attached hydrogens (primary N) is 1. The van der Waals surface area contributed by atoms with E-state index in [-0.39, 0.29) is 51.1 Å².